The molecule has 112 valence electrons. The van der Waals surface area contributed by atoms with Crippen molar-refractivity contribution in [2.75, 3.05) is 11.9 Å². The Morgan fingerprint density at radius 1 is 1.10 bits per heavy atom. The van der Waals surface area contributed by atoms with Crippen molar-refractivity contribution in [3.8, 4) is 0 Å². The third-order valence-corrected chi connectivity index (χ3v) is 3.05. The second-order valence-electron chi connectivity index (χ2n) is 6.18. The molecule has 0 atom stereocenters. The molecule has 5 nitrogen and oxygen atoms in total. The third-order valence-electron chi connectivity index (χ3n) is 3.05. The fourth-order valence-corrected chi connectivity index (χ4v) is 1.84. The van der Waals surface area contributed by atoms with Crippen LogP contribution >= 0.6 is 0 Å². The highest BCUT2D eigenvalue weighted by molar-refractivity contribution is 5.35. The largest absolute Gasteiger partial charge is 0.354 e. The van der Waals surface area contributed by atoms with E-state index in [4.69, 9.17) is 0 Å². The molecule has 0 bridgehead atoms. The van der Waals surface area contributed by atoms with E-state index in [9.17, 15) is 0 Å². The maximum absolute atomic E-state index is 4.48. The Balaban J connectivity index is 1.95. The lowest BCUT2D eigenvalue weighted by atomic mass is 10.1. The Hall–Kier alpha value is -2.01. The maximum Gasteiger partial charge on any atom is 0.147 e. The molecule has 0 amide bonds. The van der Waals surface area contributed by atoms with E-state index in [2.05, 4.69) is 45.9 Å². The quantitative estimate of drug-likeness (QED) is 0.914. The van der Waals surface area contributed by atoms with Gasteiger partial charge < -0.3 is 10.2 Å². The van der Waals surface area contributed by atoms with E-state index in [1.807, 2.05) is 31.6 Å². The summed E-state index contributed by atoms with van der Waals surface area (Å²) in [6.45, 7) is 7.92. The molecule has 0 saturated heterocycles. The molecule has 2 heterocycles. The summed E-state index contributed by atoms with van der Waals surface area (Å²) in [5, 5.41) is 3.40. The number of nitrogens with one attached hydrogen (secondary N) is 1. The highest BCUT2D eigenvalue weighted by atomic mass is 15.2. The topological polar surface area (TPSA) is 53.9 Å². The summed E-state index contributed by atoms with van der Waals surface area (Å²) in [5.41, 5.74) is 2.23. The van der Waals surface area contributed by atoms with Crippen LogP contribution in [0.25, 0.3) is 0 Å². The molecule has 2 rings (SSSR count). The monoisotopic (exact) mass is 285 g/mol. The SMILES string of the molecule is CN(Cc1ccncc1)c1cnc(CNC(C)(C)C)cn1. The van der Waals surface area contributed by atoms with Gasteiger partial charge in [-0.3, -0.25) is 9.97 Å². The van der Waals surface area contributed by atoms with Gasteiger partial charge in [-0.15, -0.1) is 0 Å². The first-order chi connectivity index (χ1) is 9.94. The fourth-order valence-electron chi connectivity index (χ4n) is 1.84. The highest BCUT2D eigenvalue weighted by Crippen LogP contribution is 2.11. The van der Waals surface area contributed by atoms with Gasteiger partial charge >= 0.3 is 0 Å². The highest BCUT2D eigenvalue weighted by Gasteiger charge is 2.09. The smallest absolute Gasteiger partial charge is 0.147 e. The standard InChI is InChI=1S/C16H23N5/c1-16(2,3)20-10-14-9-19-15(11-18-14)21(4)12-13-5-7-17-8-6-13/h5-9,11,20H,10,12H2,1-4H3. The molecule has 0 unspecified atom stereocenters. The van der Waals surface area contributed by atoms with Crippen molar-refractivity contribution in [2.45, 2.75) is 39.4 Å². The first-order valence-electron chi connectivity index (χ1n) is 7.10. The van der Waals surface area contributed by atoms with E-state index >= 15 is 0 Å². The summed E-state index contributed by atoms with van der Waals surface area (Å²) in [6.07, 6.45) is 7.25. The first kappa shape index (κ1) is 15.4. The minimum atomic E-state index is 0.0818. The van der Waals surface area contributed by atoms with Gasteiger partial charge in [0.2, 0.25) is 0 Å². The van der Waals surface area contributed by atoms with Crippen LogP contribution in [0.5, 0.6) is 0 Å². The maximum atomic E-state index is 4.48. The number of nitrogens with zero attached hydrogens (tertiary/aromatic N) is 4. The summed E-state index contributed by atoms with van der Waals surface area (Å²) < 4.78 is 0. The van der Waals surface area contributed by atoms with Crippen molar-refractivity contribution < 1.29 is 0 Å². The van der Waals surface area contributed by atoms with Crippen LogP contribution < -0.4 is 10.2 Å². The van der Waals surface area contributed by atoms with Gasteiger partial charge in [0.1, 0.15) is 5.82 Å². The van der Waals surface area contributed by atoms with Gasteiger partial charge in [-0.25, -0.2) is 4.98 Å². The van der Waals surface area contributed by atoms with E-state index in [-0.39, 0.29) is 5.54 Å². The van der Waals surface area contributed by atoms with Crippen LogP contribution in [-0.4, -0.2) is 27.5 Å². The average molecular weight is 285 g/mol. The van der Waals surface area contributed by atoms with Crippen molar-refractivity contribution in [2.24, 2.45) is 0 Å². The molecule has 21 heavy (non-hydrogen) atoms. The zero-order valence-corrected chi connectivity index (χ0v) is 13.2. The van der Waals surface area contributed by atoms with Crippen molar-refractivity contribution in [3.63, 3.8) is 0 Å². The Morgan fingerprint density at radius 2 is 1.81 bits per heavy atom. The van der Waals surface area contributed by atoms with Crippen molar-refractivity contribution in [1.82, 2.24) is 20.3 Å². The molecule has 0 spiro atoms. The summed E-state index contributed by atoms with van der Waals surface area (Å²) >= 11 is 0. The van der Waals surface area contributed by atoms with Crippen LogP contribution in [0.1, 0.15) is 32.0 Å². The van der Waals surface area contributed by atoms with Crippen LogP contribution in [0.3, 0.4) is 0 Å². The zero-order chi connectivity index (χ0) is 15.3. The van der Waals surface area contributed by atoms with Crippen LogP contribution in [0, 0.1) is 0 Å². The second kappa shape index (κ2) is 6.63. The average Bonchev–Trinajstić information content (AvgIpc) is 2.46. The van der Waals surface area contributed by atoms with Crippen LogP contribution in [-0.2, 0) is 13.1 Å². The van der Waals surface area contributed by atoms with E-state index in [0.29, 0.717) is 0 Å². The van der Waals surface area contributed by atoms with E-state index in [1.54, 1.807) is 12.4 Å². The summed E-state index contributed by atoms with van der Waals surface area (Å²) in [6, 6.07) is 4.01. The molecule has 0 aliphatic carbocycles. The van der Waals surface area contributed by atoms with Gasteiger partial charge in [0.25, 0.3) is 0 Å². The predicted octanol–water partition coefficient (Wildman–Crippen LogP) is 2.40. The van der Waals surface area contributed by atoms with Crippen molar-refractivity contribution >= 4 is 5.82 Å². The number of aromatic nitrogens is 3. The molecule has 0 aliphatic rings. The fraction of sp³-hybridized carbons (Fsp3) is 0.438. The van der Waals surface area contributed by atoms with Crippen molar-refractivity contribution in [3.05, 3.63) is 48.2 Å². The van der Waals surface area contributed by atoms with E-state index in [1.165, 1.54) is 5.56 Å². The van der Waals surface area contributed by atoms with E-state index < -0.39 is 0 Å². The molecular formula is C16H23N5. The molecule has 0 saturated carbocycles. The van der Waals surface area contributed by atoms with Gasteiger partial charge in [-0.1, -0.05) is 0 Å². The molecular weight excluding hydrogens is 262 g/mol. The Bertz CT molecular complexity index is 545. The molecule has 2 aromatic rings. The lowest BCUT2D eigenvalue weighted by Crippen LogP contribution is -2.35. The van der Waals surface area contributed by atoms with Gasteiger partial charge in [0, 0.05) is 38.1 Å². The van der Waals surface area contributed by atoms with Crippen LogP contribution in [0.4, 0.5) is 5.82 Å². The zero-order valence-electron chi connectivity index (χ0n) is 13.2. The van der Waals surface area contributed by atoms with Crippen molar-refractivity contribution in [1.29, 1.82) is 0 Å². The van der Waals surface area contributed by atoms with Gasteiger partial charge in [0.15, 0.2) is 0 Å². The Labute approximate surface area is 126 Å². The molecule has 0 fully saturated rings. The predicted molar refractivity (Wildman–Crippen MR) is 85.0 cm³/mol. The van der Waals surface area contributed by atoms with Crippen LogP contribution in [0.15, 0.2) is 36.9 Å². The van der Waals surface area contributed by atoms with Gasteiger partial charge in [-0.2, -0.15) is 0 Å². The molecule has 2 aromatic heterocycles. The van der Waals surface area contributed by atoms with Gasteiger partial charge in [-0.05, 0) is 38.5 Å². The number of hydrogen-bond donors (Lipinski definition) is 1. The Kier molecular flexibility index (Phi) is 4.85. The number of rotatable bonds is 5. The number of pyridine rings is 1. The summed E-state index contributed by atoms with van der Waals surface area (Å²) in [4.78, 5) is 15.0. The van der Waals surface area contributed by atoms with E-state index in [0.717, 1.165) is 24.6 Å². The third kappa shape index (κ3) is 5.11. The molecule has 0 radical (unpaired) electrons. The molecule has 5 heteroatoms. The van der Waals surface area contributed by atoms with Crippen LogP contribution in [0.2, 0.25) is 0 Å². The minimum absolute atomic E-state index is 0.0818. The number of anilines is 1. The molecule has 0 aromatic carbocycles. The number of hydrogen-bond acceptors (Lipinski definition) is 5. The summed E-state index contributed by atoms with van der Waals surface area (Å²) in [5.74, 6) is 0.867. The second-order valence-corrected chi connectivity index (χ2v) is 6.18. The normalized spacial score (nSPS) is 11.4. The molecule has 0 aliphatic heterocycles. The first-order valence-corrected chi connectivity index (χ1v) is 7.10. The minimum Gasteiger partial charge on any atom is -0.354 e. The lowest BCUT2D eigenvalue weighted by molar-refractivity contribution is 0.421. The lowest BCUT2D eigenvalue weighted by Gasteiger charge is -2.21. The Morgan fingerprint density at radius 3 is 2.38 bits per heavy atom. The van der Waals surface area contributed by atoms with Gasteiger partial charge in [0.05, 0.1) is 18.1 Å². The molecule has 1 N–H and O–H groups in total. The summed E-state index contributed by atoms with van der Waals surface area (Å²) in [7, 11) is 2.01.